The Hall–Kier alpha value is -1.58. The number of ether oxygens (including phenoxy) is 1. The fraction of sp³-hybridized carbons (Fsp3) is 0.455. The molecule has 1 aromatic heterocycles. The number of nitrogens with one attached hydrogen (secondary N) is 1. The van der Waals surface area contributed by atoms with Gasteiger partial charge in [0.1, 0.15) is 6.42 Å². The van der Waals surface area contributed by atoms with Crippen molar-refractivity contribution in [3.05, 3.63) is 23.0 Å². The van der Waals surface area contributed by atoms with E-state index in [1.165, 1.54) is 0 Å². The Balaban J connectivity index is 2.73. The van der Waals surface area contributed by atoms with Crippen LogP contribution in [0.25, 0.3) is 0 Å². The van der Waals surface area contributed by atoms with Crippen LogP contribution in [0.3, 0.4) is 0 Å². The second kappa shape index (κ2) is 4.77. The van der Waals surface area contributed by atoms with Crippen molar-refractivity contribution >= 4 is 11.8 Å². The summed E-state index contributed by atoms with van der Waals surface area (Å²) in [5, 5.41) is 0. The number of aromatic nitrogens is 1. The first kappa shape index (κ1) is 11.5. The molecule has 0 radical (unpaired) electrons. The molecule has 0 amide bonds. The molecule has 0 aliphatic rings. The van der Waals surface area contributed by atoms with Crippen molar-refractivity contribution in [1.82, 2.24) is 4.98 Å². The van der Waals surface area contributed by atoms with Gasteiger partial charge in [0, 0.05) is 17.5 Å². The highest BCUT2D eigenvalue weighted by Crippen LogP contribution is 2.14. The van der Waals surface area contributed by atoms with Crippen LogP contribution in [0.1, 0.15) is 35.0 Å². The second-order valence-electron chi connectivity index (χ2n) is 3.38. The topological polar surface area (TPSA) is 59.2 Å². The largest absolute Gasteiger partial charge is 0.466 e. The lowest BCUT2D eigenvalue weighted by molar-refractivity contribution is -0.141. The molecular formula is C11H15NO3. The predicted molar refractivity (Wildman–Crippen MR) is 55.8 cm³/mol. The van der Waals surface area contributed by atoms with E-state index >= 15 is 0 Å². The van der Waals surface area contributed by atoms with Gasteiger partial charge in [0.25, 0.3) is 0 Å². The van der Waals surface area contributed by atoms with E-state index < -0.39 is 5.97 Å². The molecule has 1 N–H and O–H groups in total. The minimum Gasteiger partial charge on any atom is -0.466 e. The van der Waals surface area contributed by atoms with Crippen LogP contribution in [0.4, 0.5) is 0 Å². The maximum Gasteiger partial charge on any atom is 0.313 e. The molecule has 1 aromatic rings. The van der Waals surface area contributed by atoms with Gasteiger partial charge < -0.3 is 9.72 Å². The van der Waals surface area contributed by atoms with Crippen molar-refractivity contribution in [3.8, 4) is 0 Å². The zero-order chi connectivity index (χ0) is 11.4. The summed E-state index contributed by atoms with van der Waals surface area (Å²) in [4.78, 5) is 25.8. The Morgan fingerprint density at radius 1 is 1.40 bits per heavy atom. The monoisotopic (exact) mass is 209 g/mol. The van der Waals surface area contributed by atoms with Gasteiger partial charge in [-0.1, -0.05) is 0 Å². The Kier molecular flexibility index (Phi) is 3.66. The first-order valence-corrected chi connectivity index (χ1v) is 4.89. The van der Waals surface area contributed by atoms with Gasteiger partial charge in [-0.3, -0.25) is 9.59 Å². The summed E-state index contributed by atoms with van der Waals surface area (Å²) in [6.45, 7) is 5.67. The average molecular weight is 209 g/mol. The summed E-state index contributed by atoms with van der Waals surface area (Å²) in [7, 11) is 0. The van der Waals surface area contributed by atoms with Crippen LogP contribution in [0.15, 0.2) is 6.20 Å². The number of hydrogen-bond donors (Lipinski definition) is 1. The van der Waals surface area contributed by atoms with Gasteiger partial charge >= 0.3 is 5.97 Å². The van der Waals surface area contributed by atoms with Crippen LogP contribution in [-0.4, -0.2) is 23.3 Å². The second-order valence-corrected chi connectivity index (χ2v) is 3.38. The van der Waals surface area contributed by atoms with Gasteiger partial charge in [-0.2, -0.15) is 0 Å². The molecule has 0 aliphatic heterocycles. The van der Waals surface area contributed by atoms with E-state index in [2.05, 4.69) is 4.98 Å². The number of aromatic amines is 1. The molecule has 15 heavy (non-hydrogen) atoms. The van der Waals surface area contributed by atoms with Crippen molar-refractivity contribution in [2.75, 3.05) is 6.61 Å². The molecule has 0 bridgehead atoms. The summed E-state index contributed by atoms with van der Waals surface area (Å²) in [5.41, 5.74) is 2.26. The molecule has 1 heterocycles. The first-order valence-electron chi connectivity index (χ1n) is 4.89. The standard InChI is InChI=1S/C11H15NO3/c1-4-15-10(14)5-9(13)11-7(2)6-12-8(11)3/h6,12H,4-5H2,1-3H3. The smallest absolute Gasteiger partial charge is 0.313 e. The zero-order valence-electron chi connectivity index (χ0n) is 9.22. The fourth-order valence-electron chi connectivity index (χ4n) is 1.52. The molecule has 82 valence electrons. The highest BCUT2D eigenvalue weighted by Gasteiger charge is 2.17. The highest BCUT2D eigenvalue weighted by atomic mass is 16.5. The lowest BCUT2D eigenvalue weighted by Gasteiger charge is -2.02. The number of H-pyrrole nitrogens is 1. The third-order valence-corrected chi connectivity index (χ3v) is 2.16. The number of rotatable bonds is 4. The molecule has 0 aromatic carbocycles. The van der Waals surface area contributed by atoms with Gasteiger partial charge in [0.05, 0.1) is 6.61 Å². The summed E-state index contributed by atoms with van der Waals surface area (Å²) >= 11 is 0. The quantitative estimate of drug-likeness (QED) is 0.467. The van der Waals surface area contributed by atoms with Crippen LogP contribution >= 0.6 is 0 Å². The minimum atomic E-state index is -0.470. The Bertz CT molecular complexity index is 360. The number of aryl methyl sites for hydroxylation is 2. The molecule has 4 nitrogen and oxygen atoms in total. The lowest BCUT2D eigenvalue weighted by atomic mass is 10.1. The number of hydrogen-bond acceptors (Lipinski definition) is 3. The minimum absolute atomic E-state index is 0.187. The Morgan fingerprint density at radius 3 is 2.53 bits per heavy atom. The SMILES string of the molecule is CCOC(=O)CC(=O)c1c(C)c[nH]c1C. The number of esters is 1. The third-order valence-electron chi connectivity index (χ3n) is 2.16. The molecule has 0 spiro atoms. The van der Waals surface area contributed by atoms with E-state index in [9.17, 15) is 9.59 Å². The van der Waals surface area contributed by atoms with E-state index in [4.69, 9.17) is 4.74 Å². The van der Waals surface area contributed by atoms with Crippen molar-refractivity contribution in [3.63, 3.8) is 0 Å². The summed E-state index contributed by atoms with van der Waals surface area (Å²) < 4.78 is 4.72. The van der Waals surface area contributed by atoms with E-state index in [0.29, 0.717) is 12.2 Å². The van der Waals surface area contributed by atoms with E-state index in [1.807, 2.05) is 13.8 Å². The predicted octanol–water partition coefficient (Wildman–Crippen LogP) is 1.77. The summed E-state index contributed by atoms with van der Waals surface area (Å²) in [6, 6.07) is 0. The molecule has 0 aliphatic carbocycles. The average Bonchev–Trinajstić information content (AvgIpc) is 2.46. The van der Waals surface area contributed by atoms with Crippen LogP contribution < -0.4 is 0 Å². The molecule has 0 atom stereocenters. The number of Topliss-reactive ketones (excluding diaryl/α,β-unsaturated/α-hetero) is 1. The number of carbonyl (C=O) groups is 2. The van der Waals surface area contributed by atoms with Gasteiger partial charge in [-0.25, -0.2) is 0 Å². The summed E-state index contributed by atoms with van der Waals surface area (Å²) in [6.07, 6.45) is 1.57. The fourth-order valence-corrected chi connectivity index (χ4v) is 1.52. The van der Waals surface area contributed by atoms with Gasteiger partial charge in [0.2, 0.25) is 0 Å². The highest BCUT2D eigenvalue weighted by molar-refractivity contribution is 6.07. The third kappa shape index (κ3) is 2.68. The Labute approximate surface area is 88.6 Å². The zero-order valence-corrected chi connectivity index (χ0v) is 9.22. The molecular weight excluding hydrogens is 194 g/mol. The van der Waals surface area contributed by atoms with Crippen LogP contribution in [-0.2, 0) is 9.53 Å². The van der Waals surface area contributed by atoms with Crippen LogP contribution in [0.2, 0.25) is 0 Å². The Morgan fingerprint density at radius 2 is 2.07 bits per heavy atom. The molecule has 0 saturated carbocycles. The van der Waals surface area contributed by atoms with E-state index in [1.54, 1.807) is 13.1 Å². The molecule has 0 fully saturated rings. The summed E-state index contributed by atoms with van der Waals surface area (Å²) in [5.74, 6) is -0.660. The first-order chi connectivity index (χ1) is 7.06. The van der Waals surface area contributed by atoms with Crippen molar-refractivity contribution in [2.24, 2.45) is 0 Å². The van der Waals surface area contributed by atoms with Crippen LogP contribution in [0.5, 0.6) is 0 Å². The molecule has 0 unspecified atom stereocenters. The maximum atomic E-state index is 11.7. The van der Waals surface area contributed by atoms with Crippen molar-refractivity contribution < 1.29 is 14.3 Å². The number of carbonyl (C=O) groups excluding carboxylic acids is 2. The molecule has 4 heteroatoms. The number of ketones is 1. The maximum absolute atomic E-state index is 11.7. The van der Waals surface area contributed by atoms with Crippen molar-refractivity contribution in [1.29, 1.82) is 0 Å². The molecule has 0 saturated heterocycles. The van der Waals surface area contributed by atoms with Gasteiger partial charge in [0.15, 0.2) is 5.78 Å². The van der Waals surface area contributed by atoms with E-state index in [-0.39, 0.29) is 12.2 Å². The van der Waals surface area contributed by atoms with Gasteiger partial charge in [-0.05, 0) is 26.3 Å². The lowest BCUT2D eigenvalue weighted by Crippen LogP contribution is -2.12. The normalized spacial score (nSPS) is 10.1. The van der Waals surface area contributed by atoms with Crippen LogP contribution in [0, 0.1) is 13.8 Å². The van der Waals surface area contributed by atoms with Crippen molar-refractivity contribution in [2.45, 2.75) is 27.2 Å². The molecule has 1 rings (SSSR count). The van der Waals surface area contributed by atoms with Gasteiger partial charge in [-0.15, -0.1) is 0 Å². The van der Waals surface area contributed by atoms with E-state index in [0.717, 1.165) is 11.3 Å².